The molecule has 0 saturated heterocycles. The number of nitrogens with two attached hydrogens (primary N) is 1. The van der Waals surface area contributed by atoms with Gasteiger partial charge in [0.05, 0.1) is 0 Å². The van der Waals surface area contributed by atoms with E-state index < -0.39 is 0 Å². The summed E-state index contributed by atoms with van der Waals surface area (Å²) in [5.41, 5.74) is 6.70. The first-order valence-corrected chi connectivity index (χ1v) is 3.76. The zero-order valence-electron chi connectivity index (χ0n) is 6.95. The average Bonchev–Trinajstić information content (AvgIpc) is 2.06. The van der Waals surface area contributed by atoms with E-state index in [1.807, 2.05) is 31.2 Å². The molecule has 0 spiro atoms. The second-order valence-corrected chi connectivity index (χ2v) is 2.49. The Bertz CT molecular complexity index is 298. The van der Waals surface area contributed by atoms with Crippen LogP contribution in [0.25, 0.3) is 6.08 Å². The van der Waals surface area contributed by atoms with Crippen LogP contribution in [0.4, 0.5) is 0 Å². The first-order chi connectivity index (χ1) is 5.74. The lowest BCUT2D eigenvalue weighted by atomic mass is 10.1. The molecule has 0 aliphatic carbocycles. The van der Waals surface area contributed by atoms with Crippen LogP contribution in [0.15, 0.2) is 30.3 Å². The Kier molecular flexibility index (Phi) is 2.64. The first kappa shape index (κ1) is 8.53. The molecule has 0 saturated carbocycles. The molecule has 2 heteroatoms. The van der Waals surface area contributed by atoms with Gasteiger partial charge in [-0.1, -0.05) is 24.3 Å². The van der Waals surface area contributed by atoms with Crippen LogP contribution in [0.2, 0.25) is 0 Å². The summed E-state index contributed by atoms with van der Waals surface area (Å²) in [6, 6.07) is 7.16. The van der Waals surface area contributed by atoms with Gasteiger partial charge in [-0.15, -0.1) is 0 Å². The lowest BCUT2D eigenvalue weighted by molar-refractivity contribution is 0.100. The molecule has 0 aromatic heterocycles. The van der Waals surface area contributed by atoms with Crippen LogP contribution in [-0.2, 0) is 0 Å². The monoisotopic (exact) mass is 161 g/mol. The van der Waals surface area contributed by atoms with Crippen LogP contribution in [0, 0.1) is 0 Å². The van der Waals surface area contributed by atoms with Gasteiger partial charge in [-0.3, -0.25) is 4.79 Å². The number of carbonyl (C=O) groups excluding carboxylic acids is 1. The molecule has 0 heterocycles. The van der Waals surface area contributed by atoms with Gasteiger partial charge >= 0.3 is 0 Å². The average molecular weight is 161 g/mol. The summed E-state index contributed by atoms with van der Waals surface area (Å²) >= 11 is 0. The third-order valence-electron chi connectivity index (χ3n) is 1.55. The molecule has 0 bridgehead atoms. The van der Waals surface area contributed by atoms with Crippen molar-refractivity contribution in [3.8, 4) is 0 Å². The minimum absolute atomic E-state index is 0.387. The highest BCUT2D eigenvalue weighted by atomic mass is 16.1. The topological polar surface area (TPSA) is 43.1 Å². The molecule has 1 aromatic rings. The van der Waals surface area contributed by atoms with Crippen molar-refractivity contribution >= 4 is 12.0 Å². The summed E-state index contributed by atoms with van der Waals surface area (Å²) in [4.78, 5) is 10.7. The van der Waals surface area contributed by atoms with E-state index >= 15 is 0 Å². The van der Waals surface area contributed by atoms with E-state index in [4.69, 9.17) is 5.73 Å². The SMILES string of the molecule is CC=Cc1ccc(C(N)=O)cc1. The van der Waals surface area contributed by atoms with Crippen molar-refractivity contribution in [1.29, 1.82) is 0 Å². The molecule has 0 aliphatic heterocycles. The first-order valence-electron chi connectivity index (χ1n) is 3.76. The molecule has 0 unspecified atom stereocenters. The van der Waals surface area contributed by atoms with Crippen LogP contribution in [0.1, 0.15) is 22.8 Å². The molecule has 1 amide bonds. The van der Waals surface area contributed by atoms with Crippen LogP contribution in [0.3, 0.4) is 0 Å². The van der Waals surface area contributed by atoms with Crippen LogP contribution in [-0.4, -0.2) is 5.91 Å². The number of hydrogen-bond acceptors (Lipinski definition) is 1. The molecule has 2 N–H and O–H groups in total. The smallest absolute Gasteiger partial charge is 0.248 e. The van der Waals surface area contributed by atoms with Gasteiger partial charge < -0.3 is 5.73 Å². The summed E-state index contributed by atoms with van der Waals surface area (Å²) in [5, 5.41) is 0. The maximum Gasteiger partial charge on any atom is 0.248 e. The van der Waals surface area contributed by atoms with Gasteiger partial charge in [0.1, 0.15) is 0 Å². The number of rotatable bonds is 2. The highest BCUT2D eigenvalue weighted by Gasteiger charge is 1.96. The van der Waals surface area contributed by atoms with Gasteiger partial charge in [-0.2, -0.15) is 0 Å². The Hall–Kier alpha value is -1.57. The van der Waals surface area contributed by atoms with Crippen LogP contribution in [0.5, 0.6) is 0 Å². The standard InChI is InChI=1S/C10H11NO/c1-2-3-8-4-6-9(7-5-8)10(11)12/h2-7H,1H3,(H2,11,12). The molecule has 0 atom stereocenters. The summed E-state index contributed by atoms with van der Waals surface area (Å²) in [7, 11) is 0. The molecule has 12 heavy (non-hydrogen) atoms. The van der Waals surface area contributed by atoms with Crippen molar-refractivity contribution in [2.75, 3.05) is 0 Å². The van der Waals surface area contributed by atoms with E-state index in [1.54, 1.807) is 12.1 Å². The highest BCUT2D eigenvalue weighted by Crippen LogP contribution is 2.05. The van der Waals surface area contributed by atoms with E-state index in [-0.39, 0.29) is 5.91 Å². The van der Waals surface area contributed by atoms with Gasteiger partial charge in [-0.05, 0) is 24.6 Å². The molecular formula is C10H11NO. The van der Waals surface area contributed by atoms with Crippen molar-refractivity contribution in [2.45, 2.75) is 6.92 Å². The fraction of sp³-hybridized carbons (Fsp3) is 0.100. The van der Waals surface area contributed by atoms with E-state index in [0.717, 1.165) is 5.56 Å². The number of amides is 1. The van der Waals surface area contributed by atoms with Crippen LogP contribution < -0.4 is 5.73 Å². The maximum absolute atomic E-state index is 10.7. The van der Waals surface area contributed by atoms with Gasteiger partial charge in [0.25, 0.3) is 0 Å². The zero-order valence-corrected chi connectivity index (χ0v) is 6.95. The third kappa shape index (κ3) is 1.95. The third-order valence-corrected chi connectivity index (χ3v) is 1.55. The minimum Gasteiger partial charge on any atom is -0.366 e. The quantitative estimate of drug-likeness (QED) is 0.706. The number of primary amides is 1. The Morgan fingerprint density at radius 1 is 1.33 bits per heavy atom. The molecule has 0 aliphatic rings. The van der Waals surface area contributed by atoms with Crippen molar-refractivity contribution in [1.82, 2.24) is 0 Å². The fourth-order valence-electron chi connectivity index (χ4n) is 0.951. The molecule has 1 rings (SSSR count). The minimum atomic E-state index is -0.387. The van der Waals surface area contributed by atoms with Crippen LogP contribution >= 0.6 is 0 Å². The molecular weight excluding hydrogens is 150 g/mol. The van der Waals surface area contributed by atoms with E-state index in [2.05, 4.69) is 0 Å². The van der Waals surface area contributed by atoms with Gasteiger partial charge in [0, 0.05) is 5.56 Å². The number of benzene rings is 1. The summed E-state index contributed by atoms with van der Waals surface area (Å²) < 4.78 is 0. The predicted molar refractivity (Wildman–Crippen MR) is 49.7 cm³/mol. The largest absolute Gasteiger partial charge is 0.366 e. The second kappa shape index (κ2) is 3.72. The summed E-state index contributed by atoms with van der Waals surface area (Å²) in [5.74, 6) is -0.387. The second-order valence-electron chi connectivity index (χ2n) is 2.49. The van der Waals surface area contributed by atoms with Crippen molar-refractivity contribution in [2.24, 2.45) is 5.73 Å². The van der Waals surface area contributed by atoms with Crippen molar-refractivity contribution in [3.63, 3.8) is 0 Å². The van der Waals surface area contributed by atoms with E-state index in [9.17, 15) is 4.79 Å². The number of hydrogen-bond donors (Lipinski definition) is 1. The van der Waals surface area contributed by atoms with Gasteiger partial charge in [0.2, 0.25) is 5.91 Å². The number of carbonyl (C=O) groups is 1. The van der Waals surface area contributed by atoms with E-state index in [0.29, 0.717) is 5.56 Å². The Morgan fingerprint density at radius 2 is 1.92 bits per heavy atom. The van der Waals surface area contributed by atoms with Gasteiger partial charge in [0.15, 0.2) is 0 Å². The molecule has 1 aromatic carbocycles. The zero-order chi connectivity index (χ0) is 8.97. The molecule has 0 radical (unpaired) electrons. The molecule has 0 fully saturated rings. The lowest BCUT2D eigenvalue weighted by Crippen LogP contribution is -2.10. The number of allylic oxidation sites excluding steroid dienone is 1. The highest BCUT2D eigenvalue weighted by molar-refractivity contribution is 5.92. The Morgan fingerprint density at radius 3 is 2.33 bits per heavy atom. The fourth-order valence-corrected chi connectivity index (χ4v) is 0.951. The van der Waals surface area contributed by atoms with E-state index in [1.165, 1.54) is 0 Å². The summed E-state index contributed by atoms with van der Waals surface area (Å²) in [6.07, 6.45) is 3.91. The maximum atomic E-state index is 10.7. The normalized spacial score (nSPS) is 10.4. The van der Waals surface area contributed by atoms with Crippen molar-refractivity contribution < 1.29 is 4.79 Å². The lowest BCUT2D eigenvalue weighted by Gasteiger charge is -1.95. The molecule has 62 valence electrons. The Balaban J connectivity index is 2.93. The van der Waals surface area contributed by atoms with Gasteiger partial charge in [-0.25, -0.2) is 0 Å². The molecule has 2 nitrogen and oxygen atoms in total. The predicted octanol–water partition coefficient (Wildman–Crippen LogP) is 1.82. The Labute approximate surface area is 71.7 Å². The van der Waals surface area contributed by atoms with Crippen molar-refractivity contribution in [3.05, 3.63) is 41.5 Å². The summed E-state index contributed by atoms with van der Waals surface area (Å²) in [6.45, 7) is 1.95.